The molecule has 2 rings (SSSR count). The van der Waals surface area contributed by atoms with Crippen molar-refractivity contribution in [3.8, 4) is 5.75 Å². The first-order valence-electron chi connectivity index (χ1n) is 6.23. The zero-order valence-corrected chi connectivity index (χ0v) is 11.6. The number of aromatic nitrogens is 1. The Labute approximate surface area is 112 Å². The van der Waals surface area contributed by atoms with E-state index in [2.05, 4.69) is 4.98 Å². The first kappa shape index (κ1) is 13.3. The lowest BCUT2D eigenvalue weighted by atomic mass is 10.0. The molecular formula is C15H17NO3. The number of phenolic OH excluding ortho intramolecular Hbond substituents is 1. The van der Waals surface area contributed by atoms with Gasteiger partial charge in [-0.15, -0.1) is 0 Å². The van der Waals surface area contributed by atoms with E-state index in [4.69, 9.17) is 4.74 Å². The zero-order valence-electron chi connectivity index (χ0n) is 11.6. The molecule has 0 saturated heterocycles. The molecule has 100 valence electrons. The van der Waals surface area contributed by atoms with Crippen LogP contribution in [-0.4, -0.2) is 22.7 Å². The largest absolute Gasteiger partial charge is 0.505 e. The average molecular weight is 259 g/mol. The number of fused-ring (bicyclic) bond motifs is 1. The van der Waals surface area contributed by atoms with Gasteiger partial charge < -0.3 is 9.84 Å². The molecule has 0 aliphatic carbocycles. The van der Waals surface area contributed by atoms with Crippen molar-refractivity contribution >= 4 is 16.9 Å². The van der Waals surface area contributed by atoms with E-state index in [0.29, 0.717) is 23.4 Å². The van der Waals surface area contributed by atoms with Gasteiger partial charge in [0.05, 0.1) is 17.9 Å². The van der Waals surface area contributed by atoms with Crippen LogP contribution in [0.15, 0.2) is 12.1 Å². The number of esters is 1. The molecule has 0 atom stereocenters. The van der Waals surface area contributed by atoms with Gasteiger partial charge in [-0.3, -0.25) is 0 Å². The van der Waals surface area contributed by atoms with Crippen LogP contribution in [0.3, 0.4) is 0 Å². The monoisotopic (exact) mass is 259 g/mol. The lowest BCUT2D eigenvalue weighted by molar-refractivity contribution is 0.0525. The third-order valence-electron chi connectivity index (χ3n) is 3.16. The van der Waals surface area contributed by atoms with Crippen molar-refractivity contribution < 1.29 is 14.6 Å². The molecule has 19 heavy (non-hydrogen) atoms. The summed E-state index contributed by atoms with van der Waals surface area (Å²) >= 11 is 0. The third-order valence-corrected chi connectivity index (χ3v) is 3.16. The molecule has 0 radical (unpaired) electrons. The molecule has 0 bridgehead atoms. The summed E-state index contributed by atoms with van der Waals surface area (Å²) in [6, 6.07) is 3.62. The second kappa shape index (κ2) is 4.88. The minimum atomic E-state index is -0.381. The van der Waals surface area contributed by atoms with Crippen molar-refractivity contribution in [2.45, 2.75) is 27.7 Å². The number of carbonyl (C=O) groups is 1. The molecule has 1 aromatic heterocycles. The molecule has 4 heteroatoms. The quantitative estimate of drug-likeness (QED) is 0.842. The van der Waals surface area contributed by atoms with Crippen molar-refractivity contribution in [1.82, 2.24) is 4.98 Å². The average Bonchev–Trinajstić information content (AvgIpc) is 2.35. The number of aromatic hydroxyl groups is 1. The number of rotatable bonds is 2. The van der Waals surface area contributed by atoms with Crippen molar-refractivity contribution in [3.63, 3.8) is 0 Å². The highest BCUT2D eigenvalue weighted by Gasteiger charge is 2.16. The lowest BCUT2D eigenvalue weighted by Gasteiger charge is -2.11. The number of benzene rings is 1. The maximum absolute atomic E-state index is 11.8. The van der Waals surface area contributed by atoms with Gasteiger partial charge in [-0.05, 0) is 44.9 Å². The summed E-state index contributed by atoms with van der Waals surface area (Å²) < 4.78 is 5.01. The third kappa shape index (κ3) is 2.26. The highest BCUT2D eigenvalue weighted by atomic mass is 16.5. The van der Waals surface area contributed by atoms with Gasteiger partial charge >= 0.3 is 5.97 Å². The Hall–Kier alpha value is -2.10. The Kier molecular flexibility index (Phi) is 3.42. The predicted octanol–water partition coefficient (Wildman–Crippen LogP) is 3.04. The maximum atomic E-state index is 11.8. The Morgan fingerprint density at radius 3 is 2.58 bits per heavy atom. The fourth-order valence-corrected chi connectivity index (χ4v) is 2.16. The molecule has 1 N–H and O–H groups in total. The molecule has 0 fully saturated rings. The minimum absolute atomic E-state index is 0.166. The van der Waals surface area contributed by atoms with Gasteiger partial charge in [-0.2, -0.15) is 0 Å². The number of pyridine rings is 1. The van der Waals surface area contributed by atoms with Crippen LogP contribution in [0.25, 0.3) is 10.9 Å². The second-order valence-electron chi connectivity index (χ2n) is 4.60. The number of hydrogen-bond acceptors (Lipinski definition) is 4. The van der Waals surface area contributed by atoms with Gasteiger partial charge in [-0.1, -0.05) is 6.07 Å². The van der Waals surface area contributed by atoms with E-state index in [1.807, 2.05) is 19.9 Å². The summed E-state index contributed by atoms with van der Waals surface area (Å²) in [5.41, 5.74) is 3.29. The predicted molar refractivity (Wildman–Crippen MR) is 73.6 cm³/mol. The Bertz CT molecular complexity index is 662. The SMILES string of the molecule is CCOC(=O)c1cc2c(C)cc(C)c(O)c2nc1C. The van der Waals surface area contributed by atoms with Crippen molar-refractivity contribution in [2.75, 3.05) is 6.61 Å². The first-order chi connectivity index (χ1) is 8.95. The molecule has 0 amide bonds. The molecule has 0 aliphatic rings. The van der Waals surface area contributed by atoms with E-state index >= 15 is 0 Å². The molecule has 4 nitrogen and oxygen atoms in total. The molecule has 0 spiro atoms. The Morgan fingerprint density at radius 2 is 1.95 bits per heavy atom. The van der Waals surface area contributed by atoms with E-state index in [9.17, 15) is 9.90 Å². The first-order valence-corrected chi connectivity index (χ1v) is 6.23. The molecule has 0 saturated carbocycles. The summed E-state index contributed by atoms with van der Waals surface area (Å²) in [5.74, 6) is -0.215. The Morgan fingerprint density at radius 1 is 1.26 bits per heavy atom. The number of aryl methyl sites for hydroxylation is 3. The highest BCUT2D eigenvalue weighted by molar-refractivity contribution is 5.97. The maximum Gasteiger partial charge on any atom is 0.339 e. The summed E-state index contributed by atoms with van der Waals surface area (Å²) in [4.78, 5) is 16.2. The van der Waals surface area contributed by atoms with Crippen LogP contribution in [0.4, 0.5) is 0 Å². The number of ether oxygens (including phenoxy) is 1. The molecule has 0 aliphatic heterocycles. The molecule has 1 heterocycles. The van der Waals surface area contributed by atoms with Gasteiger partial charge in [-0.25, -0.2) is 9.78 Å². The van der Waals surface area contributed by atoms with Crippen LogP contribution in [0.2, 0.25) is 0 Å². The standard InChI is InChI=1S/C15H17NO3/c1-5-19-15(18)12-7-11-8(2)6-9(3)14(17)13(11)16-10(12)4/h6-7,17H,5H2,1-4H3. The lowest BCUT2D eigenvalue weighted by Crippen LogP contribution is -2.08. The van der Waals surface area contributed by atoms with E-state index in [0.717, 1.165) is 16.5 Å². The van der Waals surface area contributed by atoms with Crippen molar-refractivity contribution in [1.29, 1.82) is 0 Å². The van der Waals surface area contributed by atoms with Crippen LogP contribution < -0.4 is 0 Å². The van der Waals surface area contributed by atoms with E-state index in [1.54, 1.807) is 19.9 Å². The van der Waals surface area contributed by atoms with Crippen LogP contribution in [-0.2, 0) is 4.74 Å². The van der Waals surface area contributed by atoms with Crippen molar-refractivity contribution in [2.24, 2.45) is 0 Å². The van der Waals surface area contributed by atoms with E-state index in [1.165, 1.54) is 0 Å². The number of nitrogens with zero attached hydrogens (tertiary/aromatic N) is 1. The summed E-state index contributed by atoms with van der Waals surface area (Å²) in [5, 5.41) is 10.8. The number of phenols is 1. The molecular weight excluding hydrogens is 242 g/mol. The van der Waals surface area contributed by atoms with Gasteiger partial charge in [0.25, 0.3) is 0 Å². The van der Waals surface area contributed by atoms with Crippen molar-refractivity contribution in [3.05, 3.63) is 34.5 Å². The fraction of sp³-hybridized carbons (Fsp3) is 0.333. The molecule has 2 aromatic rings. The van der Waals surface area contributed by atoms with Crippen LogP contribution in [0.1, 0.15) is 34.1 Å². The van der Waals surface area contributed by atoms with Gasteiger partial charge in [0.1, 0.15) is 11.3 Å². The summed E-state index contributed by atoms with van der Waals surface area (Å²) in [6.45, 7) is 7.60. The highest BCUT2D eigenvalue weighted by Crippen LogP contribution is 2.31. The van der Waals surface area contributed by atoms with E-state index < -0.39 is 0 Å². The smallest absolute Gasteiger partial charge is 0.339 e. The zero-order chi connectivity index (χ0) is 14.2. The van der Waals surface area contributed by atoms with Crippen LogP contribution in [0.5, 0.6) is 5.75 Å². The Balaban J connectivity index is 2.73. The van der Waals surface area contributed by atoms with Gasteiger partial charge in [0.15, 0.2) is 0 Å². The van der Waals surface area contributed by atoms with E-state index in [-0.39, 0.29) is 11.7 Å². The number of carbonyl (C=O) groups excluding carboxylic acids is 1. The molecule has 1 aromatic carbocycles. The van der Waals surface area contributed by atoms with Gasteiger partial charge in [0.2, 0.25) is 0 Å². The summed E-state index contributed by atoms with van der Waals surface area (Å²) in [7, 11) is 0. The van der Waals surface area contributed by atoms with Crippen LogP contribution in [0, 0.1) is 20.8 Å². The minimum Gasteiger partial charge on any atom is -0.505 e. The number of hydrogen-bond donors (Lipinski definition) is 1. The summed E-state index contributed by atoms with van der Waals surface area (Å²) in [6.07, 6.45) is 0. The molecule has 0 unspecified atom stereocenters. The van der Waals surface area contributed by atoms with Crippen LogP contribution >= 0.6 is 0 Å². The topological polar surface area (TPSA) is 59.4 Å². The van der Waals surface area contributed by atoms with Gasteiger partial charge in [0, 0.05) is 5.39 Å². The second-order valence-corrected chi connectivity index (χ2v) is 4.60. The normalized spacial score (nSPS) is 10.7. The fourth-order valence-electron chi connectivity index (χ4n) is 2.16.